The fourth-order valence-electron chi connectivity index (χ4n) is 2.93. The predicted octanol–water partition coefficient (Wildman–Crippen LogP) is 4.27. The molecule has 1 atom stereocenters. The Bertz CT molecular complexity index is 830. The van der Waals surface area contributed by atoms with Crippen LogP contribution in [-0.2, 0) is 0 Å². The van der Waals surface area contributed by atoms with E-state index < -0.39 is 0 Å². The number of benzene rings is 3. The maximum Gasteiger partial charge on any atom is 0.0868 e. The van der Waals surface area contributed by atoms with Gasteiger partial charge >= 0.3 is 0 Å². The molecule has 0 radical (unpaired) electrons. The van der Waals surface area contributed by atoms with Crippen LogP contribution in [0.25, 0.3) is 11.1 Å². The highest BCUT2D eigenvalue weighted by Crippen LogP contribution is 2.31. The average Bonchev–Trinajstić information content (AvgIpc) is 2.67. The van der Waals surface area contributed by atoms with Gasteiger partial charge in [0.25, 0.3) is 0 Å². The van der Waals surface area contributed by atoms with E-state index >= 15 is 0 Å². The largest absolute Gasteiger partial charge is 0.386 e. The van der Waals surface area contributed by atoms with E-state index in [2.05, 4.69) is 29.6 Å². The molecule has 4 heteroatoms. The zero-order valence-electron chi connectivity index (χ0n) is 14.5. The Morgan fingerprint density at radius 3 is 2.08 bits per heavy atom. The van der Waals surface area contributed by atoms with Crippen LogP contribution in [0.1, 0.15) is 17.2 Å². The monoisotopic (exact) mass is 333 g/mol. The third kappa shape index (κ3) is 3.65. The first-order valence-electron chi connectivity index (χ1n) is 8.25. The lowest BCUT2D eigenvalue weighted by Gasteiger charge is -2.17. The Morgan fingerprint density at radius 1 is 0.880 bits per heavy atom. The topological polar surface area (TPSA) is 61.5 Å². The van der Waals surface area contributed by atoms with E-state index in [4.69, 9.17) is 5.73 Å². The molecule has 0 aliphatic rings. The third-order valence-electron chi connectivity index (χ3n) is 4.38. The van der Waals surface area contributed by atoms with Gasteiger partial charge in [0.05, 0.1) is 17.4 Å². The molecule has 4 N–H and O–H groups in total. The minimum atomic E-state index is -0.138. The summed E-state index contributed by atoms with van der Waals surface area (Å²) in [5.74, 6) is 0. The minimum absolute atomic E-state index is 0.138. The van der Waals surface area contributed by atoms with Crippen LogP contribution in [0.3, 0.4) is 0 Å². The molecule has 0 fully saturated rings. The van der Waals surface area contributed by atoms with Gasteiger partial charge in [-0.05, 0) is 34.4 Å². The molecule has 0 saturated carbocycles. The average molecular weight is 333 g/mol. The first-order chi connectivity index (χ1) is 12.1. The lowest BCUT2D eigenvalue weighted by molar-refractivity contribution is 0.280. The van der Waals surface area contributed by atoms with Gasteiger partial charge in [-0.2, -0.15) is 0 Å². The van der Waals surface area contributed by atoms with Crippen molar-refractivity contribution in [2.75, 3.05) is 24.5 Å². The molecule has 0 saturated heterocycles. The molecule has 0 aliphatic carbocycles. The second-order valence-corrected chi connectivity index (χ2v) is 6.02. The molecule has 0 heterocycles. The molecule has 0 spiro atoms. The molecule has 0 aliphatic heterocycles. The zero-order chi connectivity index (χ0) is 17.8. The number of hydroxylamine groups is 1. The molecule has 0 bridgehead atoms. The van der Waals surface area contributed by atoms with Crippen molar-refractivity contribution in [3.63, 3.8) is 0 Å². The highest BCUT2D eigenvalue weighted by molar-refractivity contribution is 5.77. The van der Waals surface area contributed by atoms with E-state index in [9.17, 15) is 5.21 Å². The molecule has 4 nitrogen and oxygen atoms in total. The lowest BCUT2D eigenvalue weighted by atomic mass is 9.96. The van der Waals surface area contributed by atoms with Crippen molar-refractivity contribution < 1.29 is 5.21 Å². The summed E-state index contributed by atoms with van der Waals surface area (Å²) >= 11 is 0. The summed E-state index contributed by atoms with van der Waals surface area (Å²) in [6.45, 7) is 0. The second-order valence-electron chi connectivity index (χ2n) is 6.02. The van der Waals surface area contributed by atoms with Crippen molar-refractivity contribution in [1.82, 2.24) is 0 Å². The second kappa shape index (κ2) is 7.38. The van der Waals surface area contributed by atoms with Gasteiger partial charge in [-0.25, -0.2) is 0 Å². The fraction of sp³-hybridized carbons (Fsp3) is 0.143. The van der Waals surface area contributed by atoms with E-state index in [1.165, 1.54) is 0 Å². The number of nitrogens with one attached hydrogen (secondary N) is 1. The standard InChI is InChI=1S/C21H23N3O/c1-23-19-13-12-18(14-20(19)24(2)25)15-8-10-17(11-9-15)21(22)16-6-4-3-5-7-16/h3-14,21,23,25H,22H2,1-2H3. The van der Waals surface area contributed by atoms with Crippen LogP contribution in [0.2, 0.25) is 0 Å². The van der Waals surface area contributed by atoms with Gasteiger partial charge in [0.15, 0.2) is 0 Å². The molecule has 0 aromatic heterocycles. The minimum Gasteiger partial charge on any atom is -0.386 e. The number of rotatable bonds is 5. The molecule has 3 aromatic rings. The first-order valence-corrected chi connectivity index (χ1v) is 8.25. The van der Waals surface area contributed by atoms with E-state index in [1.807, 2.05) is 55.6 Å². The van der Waals surface area contributed by atoms with Crippen molar-refractivity contribution in [2.24, 2.45) is 5.73 Å². The number of hydrogen-bond acceptors (Lipinski definition) is 4. The first kappa shape index (κ1) is 17.0. The summed E-state index contributed by atoms with van der Waals surface area (Å²) in [7, 11) is 3.45. The summed E-state index contributed by atoms with van der Waals surface area (Å²) in [6, 6.07) is 24.1. The Balaban J connectivity index is 1.89. The fourth-order valence-corrected chi connectivity index (χ4v) is 2.93. The molecule has 0 amide bonds. The Labute approximate surface area is 148 Å². The molecule has 3 rings (SSSR count). The molecular formula is C21H23N3O. The summed E-state index contributed by atoms with van der Waals surface area (Å²) in [4.78, 5) is 0. The summed E-state index contributed by atoms with van der Waals surface area (Å²) < 4.78 is 0. The molecule has 128 valence electrons. The summed E-state index contributed by atoms with van der Waals surface area (Å²) in [5.41, 5.74) is 12.2. The highest BCUT2D eigenvalue weighted by Gasteiger charge is 2.10. The Hall–Kier alpha value is -2.82. The quantitative estimate of drug-likeness (QED) is 0.610. The van der Waals surface area contributed by atoms with Crippen LogP contribution >= 0.6 is 0 Å². The smallest absolute Gasteiger partial charge is 0.0868 e. The number of anilines is 2. The van der Waals surface area contributed by atoms with Gasteiger partial charge in [-0.15, -0.1) is 0 Å². The van der Waals surface area contributed by atoms with Gasteiger partial charge in [0.2, 0.25) is 0 Å². The van der Waals surface area contributed by atoms with Crippen molar-refractivity contribution in [2.45, 2.75) is 6.04 Å². The van der Waals surface area contributed by atoms with E-state index in [0.717, 1.165) is 38.7 Å². The third-order valence-corrected chi connectivity index (χ3v) is 4.38. The Morgan fingerprint density at radius 2 is 1.48 bits per heavy atom. The van der Waals surface area contributed by atoms with Gasteiger partial charge in [0.1, 0.15) is 0 Å². The van der Waals surface area contributed by atoms with Crippen molar-refractivity contribution in [1.29, 1.82) is 0 Å². The summed E-state index contributed by atoms with van der Waals surface area (Å²) in [5, 5.41) is 14.0. The molecule has 25 heavy (non-hydrogen) atoms. The number of nitrogens with two attached hydrogens (primary N) is 1. The molecule has 3 aromatic carbocycles. The van der Waals surface area contributed by atoms with Gasteiger partial charge in [0, 0.05) is 14.1 Å². The van der Waals surface area contributed by atoms with Crippen LogP contribution in [0.5, 0.6) is 0 Å². The lowest BCUT2D eigenvalue weighted by Crippen LogP contribution is -2.12. The van der Waals surface area contributed by atoms with Crippen LogP contribution in [0.4, 0.5) is 11.4 Å². The number of nitrogens with zero attached hydrogens (tertiary/aromatic N) is 1. The van der Waals surface area contributed by atoms with E-state index in [0.29, 0.717) is 0 Å². The van der Waals surface area contributed by atoms with Crippen LogP contribution in [0, 0.1) is 0 Å². The SMILES string of the molecule is CNc1ccc(-c2ccc(C(N)c3ccccc3)cc2)cc1N(C)O. The van der Waals surface area contributed by atoms with E-state index in [-0.39, 0.29) is 6.04 Å². The van der Waals surface area contributed by atoms with Crippen LogP contribution < -0.4 is 16.1 Å². The highest BCUT2D eigenvalue weighted by atomic mass is 16.5. The van der Waals surface area contributed by atoms with Gasteiger partial charge in [-0.3, -0.25) is 10.3 Å². The normalized spacial score (nSPS) is 11.8. The maximum absolute atomic E-state index is 9.83. The molecular weight excluding hydrogens is 310 g/mol. The van der Waals surface area contributed by atoms with Crippen molar-refractivity contribution >= 4 is 11.4 Å². The number of hydrogen-bond donors (Lipinski definition) is 3. The van der Waals surface area contributed by atoms with Gasteiger partial charge in [-0.1, -0.05) is 60.7 Å². The Kier molecular flexibility index (Phi) is 5.03. The van der Waals surface area contributed by atoms with E-state index in [1.54, 1.807) is 7.05 Å². The molecule has 1 unspecified atom stereocenters. The maximum atomic E-state index is 9.83. The predicted molar refractivity (Wildman–Crippen MR) is 104 cm³/mol. The van der Waals surface area contributed by atoms with Crippen LogP contribution in [-0.4, -0.2) is 19.3 Å². The summed E-state index contributed by atoms with van der Waals surface area (Å²) in [6.07, 6.45) is 0. The zero-order valence-corrected chi connectivity index (χ0v) is 14.5. The van der Waals surface area contributed by atoms with Crippen molar-refractivity contribution in [3.05, 3.63) is 83.9 Å². The van der Waals surface area contributed by atoms with Gasteiger partial charge < -0.3 is 11.1 Å². The van der Waals surface area contributed by atoms with Crippen LogP contribution in [0.15, 0.2) is 72.8 Å². The van der Waals surface area contributed by atoms with Crippen molar-refractivity contribution in [3.8, 4) is 11.1 Å².